The van der Waals surface area contributed by atoms with E-state index in [1.807, 2.05) is 18.2 Å². The molecule has 3 aromatic carbocycles. The fraction of sp³-hybridized carbons (Fsp3) is 0.368. The first-order valence-corrected chi connectivity index (χ1v) is 15.3. The molecule has 0 radical (unpaired) electrons. The van der Waals surface area contributed by atoms with Crippen molar-refractivity contribution in [1.82, 2.24) is 0 Å². The van der Waals surface area contributed by atoms with Crippen molar-refractivity contribution in [2.75, 3.05) is 26.4 Å². The zero-order valence-electron chi connectivity index (χ0n) is 24.9. The predicted molar refractivity (Wildman–Crippen MR) is 174 cm³/mol. The minimum absolute atomic E-state index is 0.0427. The van der Waals surface area contributed by atoms with Crippen LogP contribution in [0.25, 0.3) is 22.3 Å². The van der Waals surface area contributed by atoms with Gasteiger partial charge in [0.1, 0.15) is 11.5 Å². The van der Waals surface area contributed by atoms with Gasteiger partial charge in [0, 0.05) is 18.9 Å². The first-order chi connectivity index (χ1) is 20.5. The van der Waals surface area contributed by atoms with Crippen LogP contribution in [0.3, 0.4) is 0 Å². The lowest BCUT2D eigenvalue weighted by Gasteiger charge is -2.28. The van der Waals surface area contributed by atoms with Crippen LogP contribution in [-0.2, 0) is 0 Å². The number of hydrogen-bond acceptors (Lipinski definition) is 4. The van der Waals surface area contributed by atoms with Gasteiger partial charge < -0.3 is 19.7 Å². The van der Waals surface area contributed by atoms with E-state index < -0.39 is 0 Å². The highest BCUT2D eigenvalue weighted by Gasteiger charge is 2.21. The van der Waals surface area contributed by atoms with Crippen LogP contribution in [0, 0.1) is 5.92 Å². The smallest absolute Gasteiger partial charge is 0.123 e. The predicted octanol–water partition coefficient (Wildman–Crippen LogP) is 8.90. The summed E-state index contributed by atoms with van der Waals surface area (Å²) in [4.78, 5) is 0. The molecule has 4 heteroatoms. The summed E-state index contributed by atoms with van der Waals surface area (Å²) in [7, 11) is 0. The fourth-order valence-corrected chi connectivity index (χ4v) is 5.63. The quantitative estimate of drug-likeness (QED) is 0.170. The highest BCUT2D eigenvalue weighted by atomic mass is 16.5. The molecule has 0 unspecified atom stereocenters. The zero-order chi connectivity index (χ0) is 29.7. The molecular formula is C38H46O4. The van der Waals surface area contributed by atoms with E-state index in [0.717, 1.165) is 34.6 Å². The summed E-state index contributed by atoms with van der Waals surface area (Å²) in [5.74, 6) is 2.94. The largest absolute Gasteiger partial charge is 0.493 e. The van der Waals surface area contributed by atoms with E-state index in [4.69, 9.17) is 9.47 Å². The Kier molecular flexibility index (Phi) is 12.0. The van der Waals surface area contributed by atoms with Crippen LogP contribution in [0.5, 0.6) is 11.5 Å². The molecule has 1 aliphatic rings. The molecule has 1 aliphatic carbocycles. The van der Waals surface area contributed by atoms with E-state index in [-0.39, 0.29) is 13.2 Å². The SMILES string of the molecule is C=CCCC1CCC(c2ccc(-c3ccc(-c4cc(OCCC(=C)CO)cc(OCCC(=C)CO)c4)cc3)cc2)CC1. The Labute approximate surface area is 252 Å². The molecule has 1 fully saturated rings. The summed E-state index contributed by atoms with van der Waals surface area (Å²) in [6.45, 7) is 12.3. The van der Waals surface area contributed by atoms with E-state index in [1.165, 1.54) is 48.8 Å². The summed E-state index contributed by atoms with van der Waals surface area (Å²) in [6, 6.07) is 23.7. The molecule has 1 saturated carbocycles. The third kappa shape index (κ3) is 9.20. The molecule has 0 aromatic heterocycles. The van der Waals surface area contributed by atoms with Crippen molar-refractivity contribution in [3.8, 4) is 33.8 Å². The van der Waals surface area contributed by atoms with Gasteiger partial charge in [-0.3, -0.25) is 0 Å². The van der Waals surface area contributed by atoms with Gasteiger partial charge in [-0.25, -0.2) is 0 Å². The number of aliphatic hydroxyl groups excluding tert-OH is 2. The first-order valence-electron chi connectivity index (χ1n) is 15.3. The molecule has 0 aliphatic heterocycles. The van der Waals surface area contributed by atoms with Crippen LogP contribution >= 0.6 is 0 Å². The van der Waals surface area contributed by atoms with Gasteiger partial charge in [-0.05, 0) is 101 Å². The van der Waals surface area contributed by atoms with Gasteiger partial charge in [-0.15, -0.1) is 6.58 Å². The Morgan fingerprint density at radius 3 is 1.64 bits per heavy atom. The minimum atomic E-state index is -0.0427. The standard InChI is InChI=1S/C38H46O4/c1-4-5-6-30-7-9-31(10-8-30)32-11-13-33(14-12-32)34-15-17-35(18-16-34)36-23-37(41-21-19-28(2)26-39)25-38(24-36)42-22-20-29(3)27-40/h4,11-18,23-25,30-31,39-40H,1-3,5-10,19-22,26-27H2. The topological polar surface area (TPSA) is 58.9 Å². The van der Waals surface area contributed by atoms with Crippen molar-refractivity contribution < 1.29 is 19.7 Å². The third-order valence-corrected chi connectivity index (χ3v) is 8.34. The molecule has 3 aromatic rings. The monoisotopic (exact) mass is 566 g/mol. The minimum Gasteiger partial charge on any atom is -0.493 e. The van der Waals surface area contributed by atoms with Crippen molar-refractivity contribution in [1.29, 1.82) is 0 Å². The molecule has 0 saturated heterocycles. The molecule has 4 rings (SSSR count). The Morgan fingerprint density at radius 1 is 0.690 bits per heavy atom. The molecule has 0 heterocycles. The van der Waals surface area contributed by atoms with Crippen molar-refractivity contribution in [2.45, 2.75) is 57.3 Å². The van der Waals surface area contributed by atoms with Gasteiger partial charge in [0.2, 0.25) is 0 Å². The van der Waals surface area contributed by atoms with Crippen LogP contribution < -0.4 is 9.47 Å². The molecule has 0 bridgehead atoms. The van der Waals surface area contributed by atoms with Crippen molar-refractivity contribution in [3.05, 3.63) is 109 Å². The number of allylic oxidation sites excluding steroid dienone is 1. The van der Waals surface area contributed by atoms with Gasteiger partial charge in [0.25, 0.3) is 0 Å². The molecule has 4 nitrogen and oxygen atoms in total. The van der Waals surface area contributed by atoms with Crippen LogP contribution in [0.1, 0.15) is 62.8 Å². The lowest BCUT2D eigenvalue weighted by molar-refractivity contribution is 0.285. The average Bonchev–Trinajstić information content (AvgIpc) is 3.04. The molecule has 0 atom stereocenters. The number of rotatable bonds is 16. The number of hydrogen-bond donors (Lipinski definition) is 2. The summed E-state index contributed by atoms with van der Waals surface area (Å²) in [5, 5.41) is 18.5. The summed E-state index contributed by atoms with van der Waals surface area (Å²) in [6.07, 6.45) is 10.9. The average molecular weight is 567 g/mol. The van der Waals surface area contributed by atoms with Crippen molar-refractivity contribution >= 4 is 0 Å². The van der Waals surface area contributed by atoms with Crippen molar-refractivity contribution in [3.63, 3.8) is 0 Å². The molecule has 42 heavy (non-hydrogen) atoms. The van der Waals surface area contributed by atoms with Gasteiger partial charge in [0.15, 0.2) is 0 Å². The van der Waals surface area contributed by atoms with Gasteiger partial charge in [0.05, 0.1) is 26.4 Å². The van der Waals surface area contributed by atoms with Crippen molar-refractivity contribution in [2.24, 2.45) is 5.92 Å². The third-order valence-electron chi connectivity index (χ3n) is 8.34. The Bertz CT molecular complexity index is 1260. The van der Waals surface area contributed by atoms with Crippen LogP contribution in [0.15, 0.2) is 104 Å². The molecule has 0 spiro atoms. The second kappa shape index (κ2) is 16.1. The molecule has 0 amide bonds. The number of ether oxygens (including phenoxy) is 2. The Balaban J connectivity index is 1.44. The molecule has 2 N–H and O–H groups in total. The Morgan fingerprint density at radius 2 is 1.17 bits per heavy atom. The molecule has 222 valence electrons. The lowest BCUT2D eigenvalue weighted by Crippen LogP contribution is -2.13. The van der Waals surface area contributed by atoms with E-state index in [2.05, 4.69) is 74.3 Å². The van der Waals surface area contributed by atoms with E-state index >= 15 is 0 Å². The van der Waals surface area contributed by atoms with Crippen LogP contribution in [-0.4, -0.2) is 36.6 Å². The van der Waals surface area contributed by atoms with Gasteiger partial charge >= 0.3 is 0 Å². The first kappa shape index (κ1) is 31.3. The van der Waals surface area contributed by atoms with E-state index in [0.29, 0.717) is 43.5 Å². The van der Waals surface area contributed by atoms with Gasteiger partial charge in [-0.1, -0.05) is 67.8 Å². The number of aliphatic hydroxyl groups is 2. The summed E-state index contributed by atoms with van der Waals surface area (Å²) < 4.78 is 12.0. The zero-order valence-corrected chi connectivity index (χ0v) is 24.9. The number of benzene rings is 3. The van der Waals surface area contributed by atoms with Crippen LogP contribution in [0.2, 0.25) is 0 Å². The highest BCUT2D eigenvalue weighted by molar-refractivity contribution is 5.72. The lowest BCUT2D eigenvalue weighted by atomic mass is 9.77. The summed E-state index contributed by atoms with van der Waals surface area (Å²) in [5.41, 5.74) is 7.41. The normalized spacial score (nSPS) is 16.5. The Hall–Kier alpha value is -3.60. The molecular weight excluding hydrogens is 520 g/mol. The highest BCUT2D eigenvalue weighted by Crippen LogP contribution is 2.38. The maximum Gasteiger partial charge on any atom is 0.123 e. The second-order valence-electron chi connectivity index (χ2n) is 11.5. The van der Waals surface area contributed by atoms with Crippen LogP contribution in [0.4, 0.5) is 0 Å². The van der Waals surface area contributed by atoms with Gasteiger partial charge in [-0.2, -0.15) is 0 Å². The maximum atomic E-state index is 9.24. The van der Waals surface area contributed by atoms with E-state index in [1.54, 1.807) is 0 Å². The second-order valence-corrected chi connectivity index (χ2v) is 11.5. The maximum absolute atomic E-state index is 9.24. The summed E-state index contributed by atoms with van der Waals surface area (Å²) >= 11 is 0. The fourth-order valence-electron chi connectivity index (χ4n) is 5.63. The van der Waals surface area contributed by atoms with E-state index in [9.17, 15) is 10.2 Å².